The van der Waals surface area contributed by atoms with Crippen LogP contribution in [0, 0.1) is 0 Å². The number of nitrogens with two attached hydrogens (primary N) is 1. The monoisotopic (exact) mass is 525 g/mol. The van der Waals surface area contributed by atoms with Gasteiger partial charge in [-0.15, -0.1) is 24.8 Å². The maximum absolute atomic E-state index is 11.5. The van der Waals surface area contributed by atoms with Crippen LogP contribution in [0.4, 0.5) is 0 Å². The predicted octanol–water partition coefficient (Wildman–Crippen LogP) is 2.45. The highest BCUT2D eigenvalue weighted by atomic mass is 35.5. The van der Waals surface area contributed by atoms with Crippen LogP contribution in [0.25, 0.3) is 0 Å². The van der Waals surface area contributed by atoms with Gasteiger partial charge in [0.05, 0.1) is 6.61 Å². The lowest BCUT2D eigenvalue weighted by molar-refractivity contribution is 0.0994. The molecule has 35 heavy (non-hydrogen) atoms. The number of carbonyl (C=O) groups excluding carboxylic acids is 1. The number of halogens is 2. The zero-order valence-corrected chi connectivity index (χ0v) is 20.4. The standard InChI is InChI=1S/C24H27N3O6.2ClH/c25-23(31)22-2-1-11-26-24(22)33-21-7-3-16(4-8-21)12-17(14-28)27-13-19(30)15-32-20-9-5-18(29)6-10-20;;/h1-11,17,19,27-30H,12-15H2,(H2,25,31);2*1H/t17-,19-;;/m0../s1. The maximum atomic E-state index is 11.5. The van der Waals surface area contributed by atoms with Gasteiger partial charge in [-0.1, -0.05) is 12.1 Å². The maximum Gasteiger partial charge on any atom is 0.254 e. The predicted molar refractivity (Wildman–Crippen MR) is 136 cm³/mol. The first-order chi connectivity index (χ1) is 15.9. The molecule has 3 rings (SSSR count). The fourth-order valence-electron chi connectivity index (χ4n) is 3.05. The average Bonchev–Trinajstić information content (AvgIpc) is 2.82. The van der Waals surface area contributed by atoms with Gasteiger partial charge in [0.25, 0.3) is 5.91 Å². The minimum atomic E-state index is -0.776. The molecule has 0 fully saturated rings. The van der Waals surface area contributed by atoms with Gasteiger partial charge in [0.15, 0.2) is 0 Å². The van der Waals surface area contributed by atoms with Crippen molar-refractivity contribution in [2.75, 3.05) is 19.8 Å². The normalized spacial score (nSPS) is 11.9. The van der Waals surface area contributed by atoms with Gasteiger partial charge in [-0.25, -0.2) is 4.98 Å². The fraction of sp³-hybridized carbons (Fsp3) is 0.250. The Hall–Kier alpha value is -3.08. The molecule has 1 amide bonds. The van der Waals surface area contributed by atoms with Crippen LogP contribution < -0.4 is 20.5 Å². The number of aliphatic hydroxyl groups excluding tert-OH is 2. The summed E-state index contributed by atoms with van der Waals surface area (Å²) in [6.07, 6.45) is 1.26. The van der Waals surface area contributed by atoms with E-state index in [2.05, 4.69) is 10.3 Å². The van der Waals surface area contributed by atoms with Crippen LogP contribution in [0.5, 0.6) is 23.1 Å². The van der Waals surface area contributed by atoms with E-state index in [0.717, 1.165) is 5.56 Å². The number of amides is 1. The van der Waals surface area contributed by atoms with E-state index in [4.69, 9.17) is 15.2 Å². The summed E-state index contributed by atoms with van der Waals surface area (Å²) in [7, 11) is 0. The van der Waals surface area contributed by atoms with Crippen molar-refractivity contribution in [3.63, 3.8) is 0 Å². The van der Waals surface area contributed by atoms with Crippen molar-refractivity contribution in [2.45, 2.75) is 18.6 Å². The molecule has 0 aliphatic heterocycles. The van der Waals surface area contributed by atoms with Crippen molar-refractivity contribution in [3.05, 3.63) is 78.0 Å². The molecule has 2 atom stereocenters. The Morgan fingerprint density at radius 1 is 1.03 bits per heavy atom. The number of ether oxygens (including phenoxy) is 2. The van der Waals surface area contributed by atoms with Crippen molar-refractivity contribution in [3.8, 4) is 23.1 Å². The minimum Gasteiger partial charge on any atom is -0.508 e. The van der Waals surface area contributed by atoms with E-state index >= 15 is 0 Å². The van der Waals surface area contributed by atoms with Crippen molar-refractivity contribution in [1.29, 1.82) is 0 Å². The molecule has 0 bridgehead atoms. The molecule has 0 radical (unpaired) electrons. The number of phenolic OH excluding ortho intramolecular Hbond substituents is 1. The topological polar surface area (TPSA) is 147 Å². The molecule has 0 aliphatic rings. The lowest BCUT2D eigenvalue weighted by atomic mass is 10.1. The smallest absolute Gasteiger partial charge is 0.254 e. The molecule has 0 spiro atoms. The first-order valence-corrected chi connectivity index (χ1v) is 10.4. The van der Waals surface area contributed by atoms with E-state index in [9.17, 15) is 20.1 Å². The van der Waals surface area contributed by atoms with Crippen molar-refractivity contribution < 1.29 is 29.6 Å². The Morgan fingerprint density at radius 3 is 2.31 bits per heavy atom. The van der Waals surface area contributed by atoms with E-state index < -0.39 is 12.0 Å². The number of aromatic hydroxyl groups is 1. The largest absolute Gasteiger partial charge is 0.508 e. The third-order valence-electron chi connectivity index (χ3n) is 4.80. The first-order valence-electron chi connectivity index (χ1n) is 10.4. The van der Waals surface area contributed by atoms with E-state index in [1.165, 1.54) is 18.3 Å². The molecule has 2 aromatic carbocycles. The minimum absolute atomic E-state index is 0. The molecule has 190 valence electrons. The lowest BCUT2D eigenvalue weighted by Gasteiger charge is -2.19. The van der Waals surface area contributed by atoms with Gasteiger partial charge in [0.2, 0.25) is 5.88 Å². The molecule has 1 heterocycles. The Labute approximate surface area is 215 Å². The molecular weight excluding hydrogens is 497 g/mol. The van der Waals surface area contributed by atoms with E-state index in [0.29, 0.717) is 17.9 Å². The summed E-state index contributed by atoms with van der Waals surface area (Å²) >= 11 is 0. The second-order valence-corrected chi connectivity index (χ2v) is 7.42. The second-order valence-electron chi connectivity index (χ2n) is 7.42. The van der Waals surface area contributed by atoms with Gasteiger partial charge in [-0.2, -0.15) is 0 Å². The van der Waals surface area contributed by atoms with Gasteiger partial charge in [-0.05, 0) is 60.5 Å². The van der Waals surface area contributed by atoms with Gasteiger partial charge in [0.1, 0.15) is 35.5 Å². The molecule has 11 heteroatoms. The molecular formula is C24H29Cl2N3O6. The molecule has 0 unspecified atom stereocenters. The number of aromatic nitrogens is 1. The van der Waals surface area contributed by atoms with Crippen molar-refractivity contribution in [1.82, 2.24) is 10.3 Å². The molecule has 6 N–H and O–H groups in total. The van der Waals surface area contributed by atoms with Gasteiger partial charge in [0, 0.05) is 18.8 Å². The van der Waals surface area contributed by atoms with Gasteiger partial charge >= 0.3 is 0 Å². The number of nitrogens with one attached hydrogen (secondary N) is 1. The SMILES string of the molecule is Cl.Cl.NC(=O)c1cccnc1Oc1ccc(C[C@@H](CO)NC[C@H](O)COc2ccc(O)cc2)cc1. The summed E-state index contributed by atoms with van der Waals surface area (Å²) in [5.74, 6) is 0.692. The molecule has 0 saturated heterocycles. The summed E-state index contributed by atoms with van der Waals surface area (Å²) in [5.41, 5.74) is 6.48. The lowest BCUT2D eigenvalue weighted by Crippen LogP contribution is -2.41. The quantitative estimate of drug-likeness (QED) is 0.242. The summed E-state index contributed by atoms with van der Waals surface area (Å²) < 4.78 is 11.1. The number of carbonyl (C=O) groups is 1. The van der Waals surface area contributed by atoms with Crippen LogP contribution in [0.15, 0.2) is 66.9 Å². The highest BCUT2D eigenvalue weighted by Crippen LogP contribution is 2.23. The van der Waals surface area contributed by atoms with Crippen LogP contribution in [0.3, 0.4) is 0 Å². The van der Waals surface area contributed by atoms with Crippen LogP contribution in [-0.2, 0) is 6.42 Å². The molecule has 0 aliphatic carbocycles. The number of pyridine rings is 1. The molecule has 1 aromatic heterocycles. The average molecular weight is 526 g/mol. The van der Waals surface area contributed by atoms with Gasteiger partial charge < -0.3 is 35.8 Å². The number of nitrogens with zero attached hydrogens (tertiary/aromatic N) is 1. The Kier molecular flexibility index (Phi) is 12.9. The van der Waals surface area contributed by atoms with Crippen molar-refractivity contribution >= 4 is 30.7 Å². The Bertz CT molecular complexity index is 1040. The molecule has 0 saturated carbocycles. The Morgan fingerprint density at radius 2 is 1.69 bits per heavy atom. The van der Waals surface area contributed by atoms with E-state index in [1.807, 2.05) is 12.1 Å². The number of rotatable bonds is 12. The zero-order chi connectivity index (χ0) is 23.6. The fourth-order valence-corrected chi connectivity index (χ4v) is 3.05. The Balaban J connectivity index is 0.00000306. The van der Waals surface area contributed by atoms with Crippen molar-refractivity contribution in [2.24, 2.45) is 5.73 Å². The molecule has 9 nitrogen and oxygen atoms in total. The third kappa shape index (κ3) is 9.59. The first kappa shape index (κ1) is 30.0. The number of phenols is 1. The zero-order valence-electron chi connectivity index (χ0n) is 18.7. The van der Waals surface area contributed by atoms with Gasteiger partial charge in [-0.3, -0.25) is 4.79 Å². The van der Waals surface area contributed by atoms with E-state index in [-0.39, 0.29) is 67.8 Å². The summed E-state index contributed by atoms with van der Waals surface area (Å²) in [5, 5.41) is 32.2. The number of hydrogen-bond donors (Lipinski definition) is 5. The van der Waals surface area contributed by atoms with Crippen LogP contribution in [0.1, 0.15) is 15.9 Å². The highest BCUT2D eigenvalue weighted by molar-refractivity contribution is 5.95. The van der Waals surface area contributed by atoms with Crippen LogP contribution >= 0.6 is 24.8 Å². The molecule has 3 aromatic rings. The van der Waals surface area contributed by atoms with Crippen LogP contribution in [0.2, 0.25) is 0 Å². The third-order valence-corrected chi connectivity index (χ3v) is 4.80. The summed E-state index contributed by atoms with van der Waals surface area (Å²) in [6.45, 7) is 0.197. The number of primary amides is 1. The highest BCUT2D eigenvalue weighted by Gasteiger charge is 2.13. The van der Waals surface area contributed by atoms with E-state index in [1.54, 1.807) is 36.4 Å². The van der Waals surface area contributed by atoms with Crippen LogP contribution in [-0.4, -0.2) is 58.1 Å². The summed E-state index contributed by atoms with van der Waals surface area (Å²) in [4.78, 5) is 15.5. The number of hydrogen-bond acceptors (Lipinski definition) is 8. The summed E-state index contributed by atoms with van der Waals surface area (Å²) in [6, 6.07) is 16.3. The number of benzene rings is 2. The number of aliphatic hydroxyl groups is 2. The second kappa shape index (κ2) is 15.0.